The van der Waals surface area contributed by atoms with Gasteiger partial charge in [-0.2, -0.15) is 15.5 Å². The van der Waals surface area contributed by atoms with Gasteiger partial charge in [0.25, 0.3) is 5.95 Å². The number of amides is 1. The average molecular weight is 442 g/mol. The summed E-state index contributed by atoms with van der Waals surface area (Å²) in [6.07, 6.45) is 0. The van der Waals surface area contributed by atoms with E-state index in [0.717, 1.165) is 0 Å². The van der Waals surface area contributed by atoms with Crippen LogP contribution in [0.25, 0.3) is 0 Å². The van der Waals surface area contributed by atoms with Crippen molar-refractivity contribution in [2.75, 3.05) is 16.8 Å². The van der Waals surface area contributed by atoms with E-state index in [-0.39, 0.29) is 12.5 Å². The van der Waals surface area contributed by atoms with Gasteiger partial charge in [0.1, 0.15) is 12.7 Å². The Hall–Kier alpha value is -4.54. The average Bonchev–Trinajstić information content (AvgIpc) is 3.25. The summed E-state index contributed by atoms with van der Waals surface area (Å²) in [4.78, 5) is 18.0. The predicted octanol–water partition coefficient (Wildman–Crippen LogP) is 3.06. The third-order valence-corrected chi connectivity index (χ3v) is 5.29. The highest BCUT2D eigenvalue weighted by Gasteiger charge is 2.36. The van der Waals surface area contributed by atoms with Gasteiger partial charge in [-0.3, -0.25) is 15.0 Å². The van der Waals surface area contributed by atoms with Crippen LogP contribution in [0.3, 0.4) is 0 Å². The number of hydrogen-bond acceptors (Lipinski definition) is 7. The van der Waals surface area contributed by atoms with Gasteiger partial charge in [-0.15, -0.1) is 5.10 Å². The number of carbonyl (C=O) groups excluding carboxylic acids is 1. The molecule has 0 bridgehead atoms. The van der Waals surface area contributed by atoms with Crippen molar-refractivity contribution in [3.05, 3.63) is 76.5 Å². The maximum atomic E-state index is 13.3. The lowest BCUT2D eigenvalue weighted by Crippen LogP contribution is -2.31. The van der Waals surface area contributed by atoms with Gasteiger partial charge in [0.15, 0.2) is 0 Å². The summed E-state index contributed by atoms with van der Waals surface area (Å²) in [7, 11) is 0. The molecular weight excluding hydrogens is 423 g/mol. The van der Waals surface area contributed by atoms with Gasteiger partial charge in [0.05, 0.1) is 29.8 Å². The van der Waals surface area contributed by atoms with Crippen molar-refractivity contribution in [2.45, 2.75) is 19.6 Å². The minimum Gasteiger partial charge on any atom is -0.322 e. The van der Waals surface area contributed by atoms with Crippen LogP contribution >= 0.6 is 0 Å². The van der Waals surface area contributed by atoms with Crippen LogP contribution in [0.15, 0.2) is 59.8 Å². The minimum absolute atomic E-state index is 0.0257. The van der Waals surface area contributed by atoms with E-state index >= 15 is 0 Å². The number of nitrogens with two attached hydrogens (primary N) is 1. The Morgan fingerprint density at radius 1 is 1.21 bits per heavy atom. The fourth-order valence-electron chi connectivity index (χ4n) is 3.74. The first-order valence-electron chi connectivity index (χ1n) is 10.0. The number of rotatable bonds is 5. The standard InChI is InChI=1S/C23H19FN8O/c1-14-19(12-26)21(17-7-5-15(11-25)6-8-17)32-23(29-22(30-32)28-20(33)13-27)31(14)18-4-2-3-16(9-18)10-24/h2-9,21H,10,13,27H2,1H3,(H,28,30,33)/t21-/m1/s1. The van der Waals surface area contributed by atoms with Gasteiger partial charge in [-0.05, 0) is 42.3 Å². The molecule has 0 fully saturated rings. The first-order chi connectivity index (χ1) is 16.0. The number of benzene rings is 2. The molecule has 164 valence electrons. The van der Waals surface area contributed by atoms with E-state index in [4.69, 9.17) is 11.0 Å². The molecular formula is C23H19FN8O. The van der Waals surface area contributed by atoms with Gasteiger partial charge in [0.2, 0.25) is 11.9 Å². The van der Waals surface area contributed by atoms with Crippen molar-refractivity contribution >= 4 is 23.5 Å². The lowest BCUT2D eigenvalue weighted by atomic mass is 9.95. The summed E-state index contributed by atoms with van der Waals surface area (Å²) in [6.45, 7) is 0.882. The topological polar surface area (TPSA) is 137 Å². The number of anilines is 3. The number of nitrogens with one attached hydrogen (secondary N) is 1. The molecule has 4 rings (SSSR count). The van der Waals surface area contributed by atoms with Gasteiger partial charge >= 0.3 is 0 Å². The maximum Gasteiger partial charge on any atom is 0.250 e. The van der Waals surface area contributed by atoms with Crippen molar-refractivity contribution < 1.29 is 9.18 Å². The molecule has 0 saturated heterocycles. The van der Waals surface area contributed by atoms with Crippen molar-refractivity contribution in [2.24, 2.45) is 5.73 Å². The van der Waals surface area contributed by atoms with E-state index in [1.807, 2.05) is 0 Å². The number of nitriles is 2. The van der Waals surface area contributed by atoms with Gasteiger partial charge in [-0.1, -0.05) is 24.3 Å². The number of allylic oxidation sites excluding steroid dienone is 2. The molecule has 2 heterocycles. The van der Waals surface area contributed by atoms with E-state index in [0.29, 0.717) is 39.6 Å². The highest BCUT2D eigenvalue weighted by molar-refractivity contribution is 5.90. The maximum absolute atomic E-state index is 13.3. The SMILES string of the molecule is CC1=C(C#N)[C@@H](c2ccc(C#N)cc2)n2nc(NC(=O)CN)nc2N1c1cccc(CF)c1. The summed E-state index contributed by atoms with van der Waals surface area (Å²) < 4.78 is 14.9. The van der Waals surface area contributed by atoms with Gasteiger partial charge in [0, 0.05) is 11.4 Å². The molecule has 0 saturated carbocycles. The molecule has 3 aromatic rings. The summed E-state index contributed by atoms with van der Waals surface area (Å²) >= 11 is 0. The van der Waals surface area contributed by atoms with Crippen LogP contribution in [0.1, 0.15) is 29.7 Å². The number of alkyl halides is 1. The van der Waals surface area contributed by atoms with Crippen molar-refractivity contribution in [1.82, 2.24) is 14.8 Å². The summed E-state index contributed by atoms with van der Waals surface area (Å²) in [5.41, 5.74) is 8.63. The Morgan fingerprint density at radius 2 is 1.97 bits per heavy atom. The minimum atomic E-state index is -0.645. The Morgan fingerprint density at radius 3 is 2.61 bits per heavy atom. The van der Waals surface area contributed by atoms with E-state index in [1.54, 1.807) is 60.4 Å². The van der Waals surface area contributed by atoms with Crippen molar-refractivity contribution in [3.8, 4) is 12.1 Å². The van der Waals surface area contributed by atoms with E-state index in [1.165, 1.54) is 4.68 Å². The molecule has 0 aliphatic carbocycles. The predicted molar refractivity (Wildman–Crippen MR) is 119 cm³/mol. The van der Waals surface area contributed by atoms with Crippen molar-refractivity contribution in [1.29, 1.82) is 10.5 Å². The van der Waals surface area contributed by atoms with Crippen LogP contribution in [-0.2, 0) is 11.5 Å². The summed E-state index contributed by atoms with van der Waals surface area (Å²) in [6, 6.07) is 17.3. The molecule has 10 heteroatoms. The van der Waals surface area contributed by atoms with Crippen LogP contribution in [0.5, 0.6) is 0 Å². The zero-order valence-corrected chi connectivity index (χ0v) is 17.7. The molecule has 2 aromatic carbocycles. The molecule has 0 unspecified atom stereocenters. The highest BCUT2D eigenvalue weighted by atomic mass is 19.1. The Kier molecular flexibility index (Phi) is 5.85. The normalized spacial score (nSPS) is 14.9. The number of aromatic nitrogens is 3. The second-order valence-corrected chi connectivity index (χ2v) is 7.32. The quantitative estimate of drug-likeness (QED) is 0.619. The fourth-order valence-corrected chi connectivity index (χ4v) is 3.74. The summed E-state index contributed by atoms with van der Waals surface area (Å²) in [5, 5.41) is 26.2. The number of nitrogens with zero attached hydrogens (tertiary/aromatic N) is 6. The molecule has 3 N–H and O–H groups in total. The molecule has 1 aliphatic rings. The highest BCUT2D eigenvalue weighted by Crippen LogP contribution is 2.42. The third-order valence-electron chi connectivity index (χ3n) is 5.29. The zero-order valence-electron chi connectivity index (χ0n) is 17.7. The second-order valence-electron chi connectivity index (χ2n) is 7.32. The van der Waals surface area contributed by atoms with Gasteiger partial charge in [-0.25, -0.2) is 9.07 Å². The van der Waals surface area contributed by atoms with Crippen molar-refractivity contribution in [3.63, 3.8) is 0 Å². The Labute approximate surface area is 189 Å². The first kappa shape index (κ1) is 21.7. The largest absolute Gasteiger partial charge is 0.322 e. The molecule has 1 atom stereocenters. The van der Waals surface area contributed by atoms with Crippen LogP contribution in [0, 0.1) is 22.7 Å². The van der Waals surface area contributed by atoms with Crippen LogP contribution in [0.2, 0.25) is 0 Å². The second kappa shape index (κ2) is 8.91. The molecule has 1 amide bonds. The molecule has 33 heavy (non-hydrogen) atoms. The third kappa shape index (κ3) is 3.91. The van der Waals surface area contributed by atoms with Crippen LogP contribution in [-0.4, -0.2) is 27.2 Å². The molecule has 9 nitrogen and oxygen atoms in total. The zero-order chi connectivity index (χ0) is 23.5. The van der Waals surface area contributed by atoms with Gasteiger partial charge < -0.3 is 5.73 Å². The monoisotopic (exact) mass is 442 g/mol. The van der Waals surface area contributed by atoms with Crippen LogP contribution in [0.4, 0.5) is 22.0 Å². The summed E-state index contributed by atoms with van der Waals surface area (Å²) in [5.74, 6) is -0.106. The first-order valence-corrected chi connectivity index (χ1v) is 10.0. The fraction of sp³-hybridized carbons (Fsp3) is 0.174. The number of carbonyl (C=O) groups is 1. The molecule has 1 aliphatic heterocycles. The number of fused-ring (bicyclic) bond motifs is 1. The van der Waals surface area contributed by atoms with Crippen LogP contribution < -0.4 is 16.0 Å². The Bertz CT molecular complexity index is 1330. The van der Waals surface area contributed by atoms with E-state index in [2.05, 4.69) is 27.5 Å². The Balaban J connectivity index is 1.93. The lowest BCUT2D eigenvalue weighted by molar-refractivity contribution is -0.114. The van der Waals surface area contributed by atoms with E-state index in [9.17, 15) is 14.4 Å². The number of hydrogen-bond donors (Lipinski definition) is 2. The molecule has 0 radical (unpaired) electrons. The molecule has 0 spiro atoms. The molecule has 1 aromatic heterocycles. The number of halogens is 1. The lowest BCUT2D eigenvalue weighted by Gasteiger charge is -2.34. The van der Waals surface area contributed by atoms with E-state index < -0.39 is 18.6 Å². The smallest absolute Gasteiger partial charge is 0.250 e.